The summed E-state index contributed by atoms with van der Waals surface area (Å²) in [7, 11) is 0. The number of aryl methyl sites for hydroxylation is 2. The Kier molecular flexibility index (Phi) is 2.00. The maximum absolute atomic E-state index is 10.9. The molecule has 1 aromatic carbocycles. The van der Waals surface area contributed by atoms with Gasteiger partial charge in [0.1, 0.15) is 0 Å². The first-order valence-electron chi connectivity index (χ1n) is 4.19. The van der Waals surface area contributed by atoms with Crippen molar-refractivity contribution >= 4 is 27.5 Å². The number of carbonyl (C=O) groups is 1. The summed E-state index contributed by atoms with van der Waals surface area (Å²) in [6.07, 6.45) is 0. The van der Waals surface area contributed by atoms with Crippen molar-refractivity contribution in [3.63, 3.8) is 0 Å². The van der Waals surface area contributed by atoms with E-state index < -0.39 is 5.97 Å². The van der Waals surface area contributed by atoms with Gasteiger partial charge in [-0.1, -0.05) is 0 Å². The average Bonchev–Trinajstić information content (AvgIpc) is 2.42. The molecule has 0 aliphatic carbocycles. The molecule has 3 nitrogen and oxygen atoms in total. The molecule has 0 saturated carbocycles. The molecule has 0 atom stereocenters. The SMILES string of the molecule is Cc1cc(C(=O)O)c2nc(C)sc2c1. The minimum atomic E-state index is -0.913. The van der Waals surface area contributed by atoms with E-state index in [1.165, 1.54) is 11.3 Å². The zero-order valence-corrected chi connectivity index (χ0v) is 8.68. The molecule has 1 heterocycles. The summed E-state index contributed by atoms with van der Waals surface area (Å²) < 4.78 is 0.944. The predicted molar refractivity (Wildman–Crippen MR) is 56.1 cm³/mol. The first kappa shape index (κ1) is 9.15. The van der Waals surface area contributed by atoms with Gasteiger partial charge in [-0.3, -0.25) is 0 Å². The number of benzene rings is 1. The maximum Gasteiger partial charge on any atom is 0.337 e. The highest BCUT2D eigenvalue weighted by Gasteiger charge is 2.12. The molecule has 0 spiro atoms. The van der Waals surface area contributed by atoms with E-state index in [0.29, 0.717) is 11.1 Å². The Hall–Kier alpha value is -1.42. The summed E-state index contributed by atoms with van der Waals surface area (Å²) in [4.78, 5) is 15.2. The molecule has 72 valence electrons. The van der Waals surface area contributed by atoms with Gasteiger partial charge in [0.2, 0.25) is 0 Å². The second-order valence-electron chi connectivity index (χ2n) is 3.20. The normalized spacial score (nSPS) is 10.7. The molecule has 0 aliphatic heterocycles. The maximum atomic E-state index is 10.9. The number of aromatic carboxylic acids is 1. The van der Waals surface area contributed by atoms with E-state index in [4.69, 9.17) is 5.11 Å². The van der Waals surface area contributed by atoms with Crippen LogP contribution < -0.4 is 0 Å². The molecule has 2 rings (SSSR count). The third-order valence-electron chi connectivity index (χ3n) is 1.98. The van der Waals surface area contributed by atoms with Crippen molar-refractivity contribution < 1.29 is 9.90 Å². The molecular formula is C10H9NO2S. The lowest BCUT2D eigenvalue weighted by Gasteiger charge is -1.97. The number of nitrogens with zero attached hydrogens (tertiary/aromatic N) is 1. The van der Waals surface area contributed by atoms with E-state index in [1.54, 1.807) is 6.07 Å². The summed E-state index contributed by atoms with van der Waals surface area (Å²) >= 11 is 1.52. The quantitative estimate of drug-likeness (QED) is 0.782. The van der Waals surface area contributed by atoms with Crippen LogP contribution in [0.15, 0.2) is 12.1 Å². The fraction of sp³-hybridized carbons (Fsp3) is 0.200. The first-order chi connectivity index (χ1) is 6.58. The highest BCUT2D eigenvalue weighted by atomic mass is 32.1. The number of thiazole rings is 1. The third-order valence-corrected chi connectivity index (χ3v) is 2.89. The van der Waals surface area contributed by atoms with Crippen molar-refractivity contribution in [2.75, 3.05) is 0 Å². The van der Waals surface area contributed by atoms with Gasteiger partial charge in [-0.2, -0.15) is 0 Å². The van der Waals surface area contributed by atoms with Crippen molar-refractivity contribution in [2.24, 2.45) is 0 Å². The lowest BCUT2D eigenvalue weighted by atomic mass is 10.1. The number of aromatic nitrogens is 1. The topological polar surface area (TPSA) is 50.2 Å². The molecular weight excluding hydrogens is 198 g/mol. The van der Waals surface area contributed by atoms with Crippen LogP contribution in [0.25, 0.3) is 10.2 Å². The smallest absolute Gasteiger partial charge is 0.337 e. The molecule has 14 heavy (non-hydrogen) atoms. The van der Waals surface area contributed by atoms with Gasteiger partial charge < -0.3 is 5.11 Å². The molecule has 0 aliphatic rings. The van der Waals surface area contributed by atoms with Crippen molar-refractivity contribution in [3.05, 3.63) is 28.3 Å². The molecule has 0 unspecified atom stereocenters. The van der Waals surface area contributed by atoms with E-state index in [2.05, 4.69) is 4.98 Å². The van der Waals surface area contributed by atoms with Crippen LogP contribution in [0.4, 0.5) is 0 Å². The van der Waals surface area contributed by atoms with E-state index in [1.807, 2.05) is 19.9 Å². The van der Waals surface area contributed by atoms with E-state index in [-0.39, 0.29) is 0 Å². The standard InChI is InChI=1S/C10H9NO2S/c1-5-3-7(10(12)13)9-8(4-5)14-6(2)11-9/h3-4H,1-2H3,(H,12,13). The molecule has 1 N–H and O–H groups in total. The number of hydrogen-bond donors (Lipinski definition) is 1. The van der Waals surface area contributed by atoms with Crippen LogP contribution in [0.2, 0.25) is 0 Å². The second-order valence-corrected chi connectivity index (χ2v) is 4.43. The van der Waals surface area contributed by atoms with Crippen LogP contribution in [-0.4, -0.2) is 16.1 Å². The van der Waals surface area contributed by atoms with Crippen molar-refractivity contribution in [1.29, 1.82) is 0 Å². The molecule has 0 amide bonds. The summed E-state index contributed by atoms with van der Waals surface area (Å²) in [5.41, 5.74) is 1.86. The van der Waals surface area contributed by atoms with Crippen LogP contribution in [0.3, 0.4) is 0 Å². The average molecular weight is 207 g/mol. The Morgan fingerprint density at radius 3 is 2.79 bits per heavy atom. The van der Waals surface area contributed by atoms with Crippen LogP contribution in [-0.2, 0) is 0 Å². The number of carboxylic acids is 1. The minimum absolute atomic E-state index is 0.296. The zero-order valence-electron chi connectivity index (χ0n) is 7.87. The Morgan fingerprint density at radius 1 is 1.43 bits per heavy atom. The molecule has 0 saturated heterocycles. The van der Waals surface area contributed by atoms with Gasteiger partial charge in [0, 0.05) is 0 Å². The first-order valence-corrected chi connectivity index (χ1v) is 5.00. The van der Waals surface area contributed by atoms with Gasteiger partial charge >= 0.3 is 5.97 Å². The monoisotopic (exact) mass is 207 g/mol. The highest BCUT2D eigenvalue weighted by molar-refractivity contribution is 7.18. The summed E-state index contributed by atoms with van der Waals surface area (Å²) in [5.74, 6) is -0.913. The van der Waals surface area contributed by atoms with Crippen molar-refractivity contribution in [2.45, 2.75) is 13.8 Å². The van der Waals surface area contributed by atoms with E-state index in [9.17, 15) is 4.79 Å². The van der Waals surface area contributed by atoms with Gasteiger partial charge in [0.15, 0.2) is 0 Å². The largest absolute Gasteiger partial charge is 0.478 e. The predicted octanol–water partition coefficient (Wildman–Crippen LogP) is 2.61. The van der Waals surface area contributed by atoms with Crippen LogP contribution in [0, 0.1) is 13.8 Å². The molecule has 0 bridgehead atoms. The molecule has 0 radical (unpaired) electrons. The second kappa shape index (κ2) is 3.06. The summed E-state index contributed by atoms with van der Waals surface area (Å²) in [5, 5.41) is 9.88. The fourth-order valence-corrected chi connectivity index (χ4v) is 2.39. The molecule has 1 aromatic heterocycles. The van der Waals surface area contributed by atoms with Crippen molar-refractivity contribution in [1.82, 2.24) is 4.98 Å². The number of fused-ring (bicyclic) bond motifs is 1. The third kappa shape index (κ3) is 1.37. The Balaban J connectivity index is 2.85. The fourth-order valence-electron chi connectivity index (χ4n) is 1.44. The number of carboxylic acid groups (broad SMARTS) is 1. The van der Waals surface area contributed by atoms with Crippen molar-refractivity contribution in [3.8, 4) is 0 Å². The Bertz CT molecular complexity index is 516. The van der Waals surface area contributed by atoms with Gasteiger partial charge in [0.05, 0.1) is 20.8 Å². The van der Waals surface area contributed by atoms with Gasteiger partial charge in [-0.15, -0.1) is 11.3 Å². The lowest BCUT2D eigenvalue weighted by molar-refractivity contribution is 0.0699. The lowest BCUT2D eigenvalue weighted by Crippen LogP contribution is -1.97. The number of rotatable bonds is 1. The molecule has 2 aromatic rings. The van der Waals surface area contributed by atoms with Gasteiger partial charge in [-0.25, -0.2) is 9.78 Å². The van der Waals surface area contributed by atoms with Crippen LogP contribution in [0.5, 0.6) is 0 Å². The number of hydrogen-bond acceptors (Lipinski definition) is 3. The highest BCUT2D eigenvalue weighted by Crippen LogP contribution is 2.26. The molecule has 0 fully saturated rings. The summed E-state index contributed by atoms with van der Waals surface area (Å²) in [6, 6.07) is 3.62. The van der Waals surface area contributed by atoms with E-state index >= 15 is 0 Å². The Morgan fingerprint density at radius 2 is 2.14 bits per heavy atom. The van der Waals surface area contributed by atoms with Gasteiger partial charge in [-0.05, 0) is 31.5 Å². The van der Waals surface area contributed by atoms with Gasteiger partial charge in [0.25, 0.3) is 0 Å². The molecule has 4 heteroatoms. The zero-order chi connectivity index (χ0) is 10.3. The van der Waals surface area contributed by atoms with Crippen LogP contribution in [0.1, 0.15) is 20.9 Å². The Labute approximate surface area is 85.0 Å². The van der Waals surface area contributed by atoms with E-state index in [0.717, 1.165) is 15.3 Å². The van der Waals surface area contributed by atoms with Crippen LogP contribution >= 0.6 is 11.3 Å². The minimum Gasteiger partial charge on any atom is -0.478 e. The summed E-state index contributed by atoms with van der Waals surface area (Å²) in [6.45, 7) is 3.77.